The van der Waals surface area contributed by atoms with E-state index in [0.29, 0.717) is 0 Å². The average molecular weight is 490 g/mol. The molecule has 1 aromatic carbocycles. The summed E-state index contributed by atoms with van der Waals surface area (Å²) in [5, 5.41) is 16.0. The number of alkyl halides is 3. The van der Waals surface area contributed by atoms with E-state index in [1.54, 1.807) is 0 Å². The minimum absolute atomic E-state index is 0.0303. The summed E-state index contributed by atoms with van der Waals surface area (Å²) in [6, 6.07) is 6.93. The summed E-state index contributed by atoms with van der Waals surface area (Å²) in [7, 11) is 0. The number of carbonyl (C=O) groups excluding carboxylic acids is 1. The number of nitrogens with one attached hydrogen (secondary N) is 2. The summed E-state index contributed by atoms with van der Waals surface area (Å²) < 4.78 is 39.9. The number of hydrazone groups is 1. The van der Waals surface area contributed by atoms with Gasteiger partial charge in [-0.1, -0.05) is 29.4 Å². The maximum absolute atomic E-state index is 12.9. The number of aromatic nitrogens is 3. The molecule has 0 aliphatic rings. The van der Waals surface area contributed by atoms with E-state index < -0.39 is 22.7 Å². The van der Waals surface area contributed by atoms with Crippen molar-refractivity contribution in [3.05, 3.63) is 51.2 Å². The third kappa shape index (κ3) is 5.89. The van der Waals surface area contributed by atoms with Crippen molar-refractivity contribution in [2.24, 2.45) is 5.10 Å². The molecule has 164 valence electrons. The van der Waals surface area contributed by atoms with Crippen molar-refractivity contribution >= 4 is 58.0 Å². The minimum atomic E-state index is -4.63. The van der Waals surface area contributed by atoms with Crippen LogP contribution >= 0.6 is 34.7 Å². The normalized spacial score (nSPS) is 12.1. The number of anilines is 2. The van der Waals surface area contributed by atoms with Crippen LogP contribution < -0.4 is 16.6 Å². The van der Waals surface area contributed by atoms with Crippen molar-refractivity contribution < 1.29 is 18.0 Å². The van der Waals surface area contributed by atoms with E-state index in [0.717, 1.165) is 39.2 Å². The number of hydrogen-bond donors (Lipinski definition) is 3. The zero-order chi connectivity index (χ0) is 22.6. The van der Waals surface area contributed by atoms with E-state index in [2.05, 4.69) is 26.0 Å². The Morgan fingerprint density at radius 2 is 2.13 bits per heavy atom. The molecule has 8 nitrogen and oxygen atoms in total. The Hall–Kier alpha value is -2.77. The van der Waals surface area contributed by atoms with Gasteiger partial charge in [-0.25, -0.2) is 10.1 Å². The number of nitrogen functional groups attached to an aromatic ring is 1. The lowest BCUT2D eigenvalue weighted by Gasteiger charge is -2.11. The first-order chi connectivity index (χ1) is 14.6. The number of benzene rings is 1. The number of hydrogen-bond acceptors (Lipinski definition) is 8. The zero-order valence-corrected chi connectivity index (χ0v) is 18.2. The monoisotopic (exact) mass is 489 g/mol. The van der Waals surface area contributed by atoms with Crippen molar-refractivity contribution in [1.82, 2.24) is 14.9 Å². The summed E-state index contributed by atoms with van der Waals surface area (Å²) in [5.41, 5.74) is 2.37. The molecule has 2 aromatic heterocycles. The van der Waals surface area contributed by atoms with Crippen LogP contribution in [0.25, 0.3) is 0 Å². The number of amides is 1. The van der Waals surface area contributed by atoms with Crippen LogP contribution in [-0.4, -0.2) is 32.2 Å². The Morgan fingerprint density at radius 3 is 2.81 bits per heavy atom. The van der Waals surface area contributed by atoms with Crippen LogP contribution in [0.3, 0.4) is 0 Å². The highest BCUT2D eigenvalue weighted by Crippen LogP contribution is 2.36. The smallest absolute Gasteiger partial charge is 0.334 e. The molecular formula is C17H15ClF3N7OS2. The quantitative estimate of drug-likeness (QED) is 0.198. The van der Waals surface area contributed by atoms with Crippen molar-refractivity contribution in [2.45, 2.75) is 18.3 Å². The summed E-state index contributed by atoms with van der Waals surface area (Å²) in [4.78, 5) is 13.1. The molecule has 0 saturated carbocycles. The first kappa shape index (κ1) is 22.9. The average Bonchev–Trinajstić information content (AvgIpc) is 3.36. The van der Waals surface area contributed by atoms with E-state index in [1.807, 2.05) is 24.4 Å². The van der Waals surface area contributed by atoms with Gasteiger partial charge in [0.2, 0.25) is 11.1 Å². The minimum Gasteiger partial charge on any atom is -0.334 e. The van der Waals surface area contributed by atoms with Crippen LogP contribution in [0.4, 0.5) is 24.8 Å². The van der Waals surface area contributed by atoms with Gasteiger partial charge in [0, 0.05) is 10.6 Å². The Morgan fingerprint density at radius 1 is 1.35 bits per heavy atom. The SMILES string of the molecule is C/C(=N\Nc1nnc(SCC(=O)Nc2ccc(Cl)c(C(F)(F)F)c2)n1N)c1cccs1. The molecule has 31 heavy (non-hydrogen) atoms. The van der Waals surface area contributed by atoms with Crippen LogP contribution in [0, 0.1) is 0 Å². The number of rotatable bonds is 7. The van der Waals surface area contributed by atoms with Crippen LogP contribution in [0.5, 0.6) is 0 Å². The number of carbonyl (C=O) groups is 1. The highest BCUT2D eigenvalue weighted by Gasteiger charge is 2.33. The van der Waals surface area contributed by atoms with Gasteiger partial charge in [0.25, 0.3) is 5.95 Å². The highest BCUT2D eigenvalue weighted by molar-refractivity contribution is 7.99. The standard InChI is InChI=1S/C17H15ClF3N7OS2/c1-9(13-3-2-6-30-13)24-25-15-26-27-16(28(15)22)31-8-14(29)23-10-4-5-12(18)11(7-10)17(19,20)21/h2-7H,8,22H2,1H3,(H,23,29)(H,25,26)/b24-9+. The highest BCUT2D eigenvalue weighted by atomic mass is 35.5. The predicted octanol–water partition coefficient (Wildman–Crippen LogP) is 4.29. The van der Waals surface area contributed by atoms with Crippen molar-refractivity contribution in [2.75, 3.05) is 22.3 Å². The van der Waals surface area contributed by atoms with E-state index in [-0.39, 0.29) is 22.5 Å². The fourth-order valence-electron chi connectivity index (χ4n) is 2.27. The predicted molar refractivity (Wildman–Crippen MR) is 116 cm³/mol. The largest absolute Gasteiger partial charge is 0.417 e. The van der Waals surface area contributed by atoms with Gasteiger partial charge in [0.1, 0.15) is 0 Å². The first-order valence-electron chi connectivity index (χ1n) is 8.49. The number of thioether (sulfide) groups is 1. The molecule has 4 N–H and O–H groups in total. The molecule has 0 radical (unpaired) electrons. The third-order valence-electron chi connectivity index (χ3n) is 3.75. The molecule has 0 unspecified atom stereocenters. The Balaban J connectivity index is 1.58. The lowest BCUT2D eigenvalue weighted by Crippen LogP contribution is -2.17. The van der Waals surface area contributed by atoms with Crippen LogP contribution in [0.2, 0.25) is 5.02 Å². The third-order valence-corrected chi connectivity index (χ3v) is 6.01. The fourth-order valence-corrected chi connectivity index (χ4v) is 3.83. The first-order valence-corrected chi connectivity index (χ1v) is 10.7. The van der Waals surface area contributed by atoms with Gasteiger partial charge in [-0.2, -0.15) is 18.3 Å². The number of halogens is 4. The second kappa shape index (κ2) is 9.58. The fraction of sp³-hybridized carbons (Fsp3) is 0.176. The number of nitrogens with zero attached hydrogens (tertiary/aromatic N) is 4. The van der Waals surface area contributed by atoms with E-state index >= 15 is 0 Å². The van der Waals surface area contributed by atoms with E-state index in [1.165, 1.54) is 17.4 Å². The Kier molecular flexibility index (Phi) is 7.08. The number of nitrogens with two attached hydrogens (primary N) is 1. The molecule has 0 saturated heterocycles. The van der Waals surface area contributed by atoms with Gasteiger partial charge >= 0.3 is 6.18 Å². The van der Waals surface area contributed by atoms with Crippen LogP contribution in [0.15, 0.2) is 46.0 Å². The molecule has 0 aliphatic heterocycles. The molecule has 0 aliphatic carbocycles. The molecule has 0 fully saturated rings. The number of thiophene rings is 1. The lowest BCUT2D eigenvalue weighted by molar-refractivity contribution is -0.137. The maximum Gasteiger partial charge on any atom is 0.417 e. The molecule has 14 heteroatoms. The summed E-state index contributed by atoms with van der Waals surface area (Å²) >= 11 is 8.05. The van der Waals surface area contributed by atoms with Gasteiger partial charge in [0.05, 0.1) is 22.1 Å². The maximum atomic E-state index is 12.9. The second-order valence-corrected chi connectivity index (χ2v) is 8.29. The molecule has 0 atom stereocenters. The molecule has 1 amide bonds. The lowest BCUT2D eigenvalue weighted by atomic mass is 10.2. The molecular weight excluding hydrogens is 475 g/mol. The molecule has 3 rings (SSSR count). The Labute approximate surface area is 187 Å². The summed E-state index contributed by atoms with van der Waals surface area (Å²) in [5.74, 6) is 5.35. The van der Waals surface area contributed by atoms with Crippen LogP contribution in [-0.2, 0) is 11.0 Å². The van der Waals surface area contributed by atoms with Gasteiger partial charge in [-0.15, -0.1) is 21.5 Å². The topological polar surface area (TPSA) is 110 Å². The Bertz CT molecular complexity index is 1100. The van der Waals surface area contributed by atoms with Gasteiger partial charge < -0.3 is 11.2 Å². The van der Waals surface area contributed by atoms with Crippen molar-refractivity contribution in [3.63, 3.8) is 0 Å². The molecule has 2 heterocycles. The second-order valence-electron chi connectivity index (χ2n) is 5.99. The van der Waals surface area contributed by atoms with E-state index in [4.69, 9.17) is 17.4 Å². The summed E-state index contributed by atoms with van der Waals surface area (Å²) in [6.45, 7) is 1.82. The summed E-state index contributed by atoms with van der Waals surface area (Å²) in [6.07, 6.45) is -4.63. The van der Waals surface area contributed by atoms with Crippen molar-refractivity contribution in [3.8, 4) is 0 Å². The van der Waals surface area contributed by atoms with Gasteiger partial charge in [-0.3, -0.25) is 4.79 Å². The van der Waals surface area contributed by atoms with Crippen LogP contribution in [0.1, 0.15) is 17.4 Å². The molecule has 3 aromatic rings. The molecule has 0 spiro atoms. The van der Waals surface area contributed by atoms with E-state index in [9.17, 15) is 18.0 Å². The van der Waals surface area contributed by atoms with Crippen molar-refractivity contribution in [1.29, 1.82) is 0 Å². The van der Waals surface area contributed by atoms with Gasteiger partial charge in [-0.05, 0) is 36.6 Å². The zero-order valence-electron chi connectivity index (χ0n) is 15.8. The van der Waals surface area contributed by atoms with Gasteiger partial charge in [0.15, 0.2) is 0 Å². The molecule has 0 bridgehead atoms.